The maximum absolute atomic E-state index is 12.5. The molecule has 1 fully saturated rings. The predicted octanol–water partition coefficient (Wildman–Crippen LogP) is 1.66. The Hall–Kier alpha value is -1.10. The number of methoxy groups -OCH3 is 1. The first-order valence-electron chi connectivity index (χ1n) is 7.71. The summed E-state index contributed by atoms with van der Waals surface area (Å²) in [7, 11) is 1.38. The van der Waals surface area contributed by atoms with Gasteiger partial charge in [0.1, 0.15) is 0 Å². The van der Waals surface area contributed by atoms with E-state index < -0.39 is 0 Å². The van der Waals surface area contributed by atoms with Crippen LogP contribution in [0.4, 0.5) is 0 Å². The van der Waals surface area contributed by atoms with E-state index >= 15 is 0 Å². The van der Waals surface area contributed by atoms with E-state index in [4.69, 9.17) is 4.74 Å². The van der Waals surface area contributed by atoms with Crippen molar-refractivity contribution < 1.29 is 14.3 Å². The van der Waals surface area contributed by atoms with Crippen LogP contribution in [0.2, 0.25) is 0 Å². The summed E-state index contributed by atoms with van der Waals surface area (Å²) in [5, 5.41) is 0. The molecule has 0 spiro atoms. The zero-order valence-corrected chi connectivity index (χ0v) is 13.1. The monoisotopic (exact) mass is 284 g/mol. The zero-order chi connectivity index (χ0) is 15.0. The van der Waals surface area contributed by atoms with E-state index in [0.717, 1.165) is 38.8 Å². The average Bonchev–Trinajstić information content (AvgIpc) is 2.47. The van der Waals surface area contributed by atoms with Gasteiger partial charge in [-0.15, -0.1) is 0 Å². The van der Waals surface area contributed by atoms with Crippen LogP contribution in [-0.2, 0) is 14.3 Å². The van der Waals surface area contributed by atoms with Gasteiger partial charge in [0.15, 0.2) is 0 Å². The summed E-state index contributed by atoms with van der Waals surface area (Å²) in [4.78, 5) is 27.7. The fourth-order valence-electron chi connectivity index (χ4n) is 2.81. The Labute approximate surface area is 122 Å². The second-order valence-corrected chi connectivity index (χ2v) is 5.43. The number of hydrogen-bond donors (Lipinski definition) is 0. The first-order chi connectivity index (χ1) is 9.62. The molecule has 0 radical (unpaired) electrons. The Balaban J connectivity index is 2.57. The van der Waals surface area contributed by atoms with Crippen molar-refractivity contribution in [3.8, 4) is 0 Å². The third-order valence-electron chi connectivity index (χ3n) is 3.90. The number of hydrogen-bond acceptors (Lipinski definition) is 4. The van der Waals surface area contributed by atoms with Gasteiger partial charge in [-0.3, -0.25) is 14.5 Å². The van der Waals surface area contributed by atoms with Crippen LogP contribution in [0.25, 0.3) is 0 Å². The lowest BCUT2D eigenvalue weighted by atomic mass is 10.00. The Kier molecular flexibility index (Phi) is 7.59. The summed E-state index contributed by atoms with van der Waals surface area (Å²) < 4.78 is 4.69. The molecule has 0 saturated carbocycles. The molecule has 116 valence electrons. The van der Waals surface area contributed by atoms with Gasteiger partial charge in [0.05, 0.1) is 20.2 Å². The molecule has 1 heterocycles. The molecule has 0 aromatic carbocycles. The van der Waals surface area contributed by atoms with E-state index in [9.17, 15) is 9.59 Å². The number of likely N-dealkylation sites (tertiary alicyclic amines) is 1. The summed E-state index contributed by atoms with van der Waals surface area (Å²) in [6.07, 6.45) is 5.33. The van der Waals surface area contributed by atoms with Crippen LogP contribution in [0.15, 0.2) is 0 Å². The summed E-state index contributed by atoms with van der Waals surface area (Å²) in [5.41, 5.74) is 0. The second kappa shape index (κ2) is 8.95. The van der Waals surface area contributed by atoms with Crippen molar-refractivity contribution in [2.24, 2.45) is 0 Å². The molecule has 0 aromatic rings. The average molecular weight is 284 g/mol. The van der Waals surface area contributed by atoms with Crippen molar-refractivity contribution in [3.05, 3.63) is 0 Å². The lowest BCUT2D eigenvalue weighted by Gasteiger charge is -2.36. The largest absolute Gasteiger partial charge is 0.468 e. The van der Waals surface area contributed by atoms with Gasteiger partial charge in [0.2, 0.25) is 5.91 Å². The minimum Gasteiger partial charge on any atom is -0.468 e. The lowest BCUT2D eigenvalue weighted by molar-refractivity contribution is -0.143. The number of rotatable bonds is 7. The number of amides is 1. The molecule has 5 nitrogen and oxygen atoms in total. The van der Waals surface area contributed by atoms with Gasteiger partial charge in [-0.25, -0.2) is 0 Å². The minimum atomic E-state index is -0.281. The van der Waals surface area contributed by atoms with Crippen molar-refractivity contribution in [2.45, 2.75) is 52.0 Å². The number of piperidine rings is 1. The molecule has 1 amide bonds. The molecule has 0 N–H and O–H groups in total. The summed E-state index contributed by atoms with van der Waals surface area (Å²) >= 11 is 0. The number of carbonyl (C=O) groups is 2. The van der Waals surface area contributed by atoms with Crippen molar-refractivity contribution in [1.82, 2.24) is 9.80 Å². The Bertz CT molecular complexity index is 320. The summed E-state index contributed by atoms with van der Waals surface area (Å²) in [6.45, 7) is 6.29. The van der Waals surface area contributed by atoms with E-state index in [1.807, 2.05) is 16.7 Å². The molecule has 1 atom stereocenters. The molecule has 0 aromatic heterocycles. The molecular formula is C15H28N2O3. The number of ether oxygens (including phenoxy) is 1. The topological polar surface area (TPSA) is 49.9 Å². The Morgan fingerprint density at radius 1 is 1.25 bits per heavy atom. The second-order valence-electron chi connectivity index (χ2n) is 5.43. The standard InChI is InChI=1S/C15H28N2O3/c1-4-9-16(12-15(19)20-3)11-14(18)17-10-7-6-8-13(17)5-2/h13H,4-12H2,1-3H3. The highest BCUT2D eigenvalue weighted by Gasteiger charge is 2.26. The van der Waals surface area contributed by atoms with E-state index in [0.29, 0.717) is 12.6 Å². The maximum Gasteiger partial charge on any atom is 0.319 e. The third kappa shape index (κ3) is 5.12. The summed E-state index contributed by atoms with van der Waals surface area (Å²) in [5.74, 6) is -0.133. The van der Waals surface area contributed by atoms with Crippen molar-refractivity contribution in [2.75, 3.05) is 33.3 Å². The van der Waals surface area contributed by atoms with Crippen LogP contribution in [0.1, 0.15) is 46.0 Å². The van der Waals surface area contributed by atoms with Gasteiger partial charge in [-0.05, 0) is 38.6 Å². The van der Waals surface area contributed by atoms with Crippen LogP contribution in [0.5, 0.6) is 0 Å². The highest BCUT2D eigenvalue weighted by molar-refractivity contribution is 5.79. The third-order valence-corrected chi connectivity index (χ3v) is 3.90. The van der Waals surface area contributed by atoms with Crippen molar-refractivity contribution in [3.63, 3.8) is 0 Å². The van der Waals surface area contributed by atoms with Crippen LogP contribution in [-0.4, -0.2) is 61.0 Å². The highest BCUT2D eigenvalue weighted by atomic mass is 16.5. The number of carbonyl (C=O) groups excluding carboxylic acids is 2. The zero-order valence-electron chi connectivity index (χ0n) is 13.1. The number of esters is 1. The first-order valence-corrected chi connectivity index (χ1v) is 7.71. The van der Waals surface area contributed by atoms with E-state index in [1.54, 1.807) is 0 Å². The highest BCUT2D eigenvalue weighted by Crippen LogP contribution is 2.19. The van der Waals surface area contributed by atoms with Crippen LogP contribution in [0, 0.1) is 0 Å². The summed E-state index contributed by atoms with van der Waals surface area (Å²) in [6, 6.07) is 0.373. The molecule has 5 heteroatoms. The van der Waals surface area contributed by atoms with Crippen LogP contribution >= 0.6 is 0 Å². The molecule has 1 unspecified atom stereocenters. The van der Waals surface area contributed by atoms with Crippen molar-refractivity contribution >= 4 is 11.9 Å². The van der Waals surface area contributed by atoms with Gasteiger partial charge in [0.25, 0.3) is 0 Å². The fourth-order valence-corrected chi connectivity index (χ4v) is 2.81. The molecule has 0 bridgehead atoms. The minimum absolute atomic E-state index is 0.147. The molecule has 1 saturated heterocycles. The van der Waals surface area contributed by atoms with Gasteiger partial charge in [-0.2, -0.15) is 0 Å². The number of nitrogens with zero attached hydrogens (tertiary/aromatic N) is 2. The van der Waals surface area contributed by atoms with Crippen molar-refractivity contribution in [1.29, 1.82) is 0 Å². The smallest absolute Gasteiger partial charge is 0.319 e. The maximum atomic E-state index is 12.5. The molecule has 1 aliphatic heterocycles. The first kappa shape index (κ1) is 17.0. The van der Waals surface area contributed by atoms with Gasteiger partial charge in [0, 0.05) is 12.6 Å². The molecular weight excluding hydrogens is 256 g/mol. The molecule has 0 aliphatic carbocycles. The van der Waals surface area contributed by atoms with E-state index in [2.05, 4.69) is 6.92 Å². The molecule has 1 aliphatic rings. The van der Waals surface area contributed by atoms with E-state index in [1.165, 1.54) is 13.5 Å². The lowest BCUT2D eigenvalue weighted by Crippen LogP contribution is -2.48. The SMILES string of the molecule is CCCN(CC(=O)OC)CC(=O)N1CCCCC1CC. The Morgan fingerprint density at radius 2 is 2.00 bits per heavy atom. The fraction of sp³-hybridized carbons (Fsp3) is 0.867. The van der Waals surface area contributed by atoms with Gasteiger partial charge >= 0.3 is 5.97 Å². The molecule has 1 rings (SSSR count). The Morgan fingerprint density at radius 3 is 2.60 bits per heavy atom. The molecule has 20 heavy (non-hydrogen) atoms. The van der Waals surface area contributed by atoms with Crippen LogP contribution in [0.3, 0.4) is 0 Å². The normalized spacial score (nSPS) is 19.2. The van der Waals surface area contributed by atoms with Gasteiger partial charge < -0.3 is 9.64 Å². The van der Waals surface area contributed by atoms with Crippen LogP contribution < -0.4 is 0 Å². The predicted molar refractivity (Wildman–Crippen MR) is 78.4 cm³/mol. The van der Waals surface area contributed by atoms with E-state index in [-0.39, 0.29) is 18.4 Å². The quantitative estimate of drug-likeness (QED) is 0.667. The van der Waals surface area contributed by atoms with Gasteiger partial charge in [-0.1, -0.05) is 13.8 Å².